The summed E-state index contributed by atoms with van der Waals surface area (Å²) in [5.74, 6) is 0.0132. The first-order valence-corrected chi connectivity index (χ1v) is 10.7. The molecule has 6 nitrogen and oxygen atoms in total. The average molecular weight is 349 g/mol. The van der Waals surface area contributed by atoms with Crippen LogP contribution in [-0.4, -0.2) is 24.0 Å². The molecule has 0 aliphatic heterocycles. The third-order valence-corrected chi connectivity index (χ3v) is 5.55. The summed E-state index contributed by atoms with van der Waals surface area (Å²) in [6.07, 6.45) is 5.90. The first kappa shape index (κ1) is 19.2. The highest BCUT2D eigenvalue weighted by Gasteiger charge is 2.18. The van der Waals surface area contributed by atoms with Crippen LogP contribution in [0, 0.1) is 0 Å². The van der Waals surface area contributed by atoms with Gasteiger partial charge in [0.15, 0.2) is 0 Å². The van der Waals surface area contributed by atoms with Crippen molar-refractivity contribution < 1.29 is 22.8 Å². The van der Waals surface area contributed by atoms with E-state index in [9.17, 15) is 13.0 Å². The van der Waals surface area contributed by atoms with Crippen LogP contribution < -0.4 is 10.0 Å². The summed E-state index contributed by atoms with van der Waals surface area (Å²) in [6.45, 7) is 2.13. The number of rotatable bonds is 10. The number of nitrogens with one attached hydrogen (secondary N) is 1. The van der Waals surface area contributed by atoms with Crippen LogP contribution in [0.25, 0.3) is 0 Å². The maximum absolute atomic E-state index is 11.9. The predicted molar refractivity (Wildman–Crippen MR) is 88.9 cm³/mol. The number of hydrogen-bond donors (Lipinski definition) is 3. The molecule has 0 bridgehead atoms. The first-order valence-electron chi connectivity index (χ1n) is 7.41. The molecule has 0 spiro atoms. The molecule has 0 saturated heterocycles. The molecule has 0 heterocycles. The van der Waals surface area contributed by atoms with Crippen molar-refractivity contribution in [2.24, 2.45) is 0 Å². The zero-order valence-electron chi connectivity index (χ0n) is 12.7. The van der Waals surface area contributed by atoms with Gasteiger partial charge in [-0.15, -0.1) is 0 Å². The molecule has 0 fully saturated rings. The number of unbranched alkanes of at least 4 members (excludes halogenated alkanes) is 5. The Morgan fingerprint density at radius 3 is 2.36 bits per heavy atom. The average Bonchev–Trinajstić information content (AvgIpc) is 2.41. The van der Waals surface area contributed by atoms with Gasteiger partial charge in [-0.25, -0.2) is 8.42 Å². The maximum atomic E-state index is 11.9. The van der Waals surface area contributed by atoms with Crippen LogP contribution in [0.2, 0.25) is 0 Å². The normalized spacial score (nSPS) is 12.3. The van der Waals surface area contributed by atoms with E-state index in [2.05, 4.69) is 11.6 Å². The lowest BCUT2D eigenvalue weighted by atomic mass is 10.1. The number of hydrogen-bond acceptors (Lipinski definition) is 3. The second-order valence-electron chi connectivity index (χ2n) is 5.28. The molecule has 0 aromatic heterocycles. The largest absolute Gasteiger partial charge is 0.356 e. The molecular formula is C14H24NO5PS. The van der Waals surface area contributed by atoms with Crippen LogP contribution >= 0.6 is 7.60 Å². The molecule has 8 heteroatoms. The van der Waals surface area contributed by atoms with E-state index in [0.29, 0.717) is 6.42 Å². The number of sulfonamides is 1. The van der Waals surface area contributed by atoms with E-state index in [-0.39, 0.29) is 16.7 Å². The lowest BCUT2D eigenvalue weighted by molar-refractivity contribution is 0.387. The van der Waals surface area contributed by atoms with Gasteiger partial charge in [0.05, 0.1) is 11.1 Å². The van der Waals surface area contributed by atoms with Gasteiger partial charge >= 0.3 is 7.60 Å². The fourth-order valence-electron chi connectivity index (χ4n) is 2.05. The van der Waals surface area contributed by atoms with Crippen molar-refractivity contribution in [1.29, 1.82) is 0 Å². The minimum absolute atomic E-state index is 0.0132. The maximum Gasteiger partial charge on any atom is 0.356 e. The molecule has 22 heavy (non-hydrogen) atoms. The summed E-state index contributed by atoms with van der Waals surface area (Å²) in [5.41, 5.74) is 0.173. The van der Waals surface area contributed by atoms with Crippen molar-refractivity contribution in [3.63, 3.8) is 0 Å². The molecule has 1 aromatic carbocycles. The van der Waals surface area contributed by atoms with E-state index in [0.717, 1.165) is 25.7 Å². The monoisotopic (exact) mass is 349 g/mol. The van der Waals surface area contributed by atoms with E-state index >= 15 is 0 Å². The molecule has 1 rings (SSSR count). The lowest BCUT2D eigenvalue weighted by Gasteiger charge is -2.10. The molecule has 0 unspecified atom stereocenters. The summed E-state index contributed by atoms with van der Waals surface area (Å²) in [4.78, 5) is 18.2. The zero-order valence-corrected chi connectivity index (χ0v) is 14.4. The summed E-state index contributed by atoms with van der Waals surface area (Å²) in [6, 6.07) is 5.32. The molecule has 0 aliphatic carbocycles. The topological polar surface area (TPSA) is 104 Å². The number of anilines is 1. The molecule has 0 aliphatic rings. The number of benzene rings is 1. The Bertz CT molecular complexity index is 611. The van der Waals surface area contributed by atoms with Gasteiger partial charge in [-0.1, -0.05) is 45.1 Å². The van der Waals surface area contributed by atoms with Gasteiger partial charge in [-0.2, -0.15) is 0 Å². The lowest BCUT2D eigenvalue weighted by Crippen LogP contribution is -2.17. The van der Waals surface area contributed by atoms with Crippen molar-refractivity contribution in [3.05, 3.63) is 24.3 Å². The summed E-state index contributed by atoms with van der Waals surface area (Å²) >= 11 is 0. The van der Waals surface area contributed by atoms with Crippen LogP contribution in [0.4, 0.5) is 5.69 Å². The van der Waals surface area contributed by atoms with E-state index in [1.165, 1.54) is 30.7 Å². The third-order valence-electron chi connectivity index (χ3n) is 3.22. The summed E-state index contributed by atoms with van der Waals surface area (Å²) in [7, 11) is -7.87. The van der Waals surface area contributed by atoms with Gasteiger partial charge in [-0.05, 0) is 24.6 Å². The quantitative estimate of drug-likeness (QED) is 0.445. The van der Waals surface area contributed by atoms with Crippen molar-refractivity contribution in [1.82, 2.24) is 0 Å². The molecular weight excluding hydrogens is 325 g/mol. The van der Waals surface area contributed by atoms with Crippen molar-refractivity contribution in [2.45, 2.75) is 45.4 Å². The van der Waals surface area contributed by atoms with Crippen LogP contribution in [0.15, 0.2) is 24.3 Å². The van der Waals surface area contributed by atoms with Crippen LogP contribution in [-0.2, 0) is 14.6 Å². The highest BCUT2D eigenvalue weighted by molar-refractivity contribution is 7.92. The van der Waals surface area contributed by atoms with Crippen LogP contribution in [0.3, 0.4) is 0 Å². The minimum Gasteiger partial charge on any atom is -0.321 e. The Kier molecular flexibility index (Phi) is 7.56. The van der Waals surface area contributed by atoms with E-state index in [1.807, 2.05) is 0 Å². The fraction of sp³-hybridized carbons (Fsp3) is 0.571. The molecule has 3 N–H and O–H groups in total. The molecule has 126 valence electrons. The molecule has 0 saturated carbocycles. The molecule has 0 amide bonds. The van der Waals surface area contributed by atoms with Gasteiger partial charge in [0, 0.05) is 5.69 Å². The minimum atomic E-state index is -4.38. The van der Waals surface area contributed by atoms with Crippen LogP contribution in [0.5, 0.6) is 0 Å². The van der Waals surface area contributed by atoms with Crippen LogP contribution in [0.1, 0.15) is 45.4 Å². The van der Waals surface area contributed by atoms with Gasteiger partial charge in [-0.3, -0.25) is 9.29 Å². The van der Waals surface area contributed by atoms with Gasteiger partial charge in [0.2, 0.25) is 10.0 Å². The van der Waals surface area contributed by atoms with E-state index in [4.69, 9.17) is 9.79 Å². The SMILES string of the molecule is CCCCCCCCS(=O)(=O)Nc1cccc(P(=O)(O)O)c1. The highest BCUT2D eigenvalue weighted by Crippen LogP contribution is 2.33. The zero-order chi connectivity index (χ0) is 16.6. The second-order valence-corrected chi connectivity index (χ2v) is 8.73. The Morgan fingerprint density at radius 1 is 1.09 bits per heavy atom. The summed E-state index contributed by atoms with van der Waals surface area (Å²) in [5, 5.41) is -0.202. The Balaban J connectivity index is 2.53. The molecule has 1 aromatic rings. The Hall–Kier alpha value is -0.880. The van der Waals surface area contributed by atoms with Gasteiger partial charge < -0.3 is 9.79 Å². The smallest absolute Gasteiger partial charge is 0.321 e. The van der Waals surface area contributed by atoms with E-state index < -0.39 is 17.6 Å². The highest BCUT2D eigenvalue weighted by atomic mass is 32.2. The van der Waals surface area contributed by atoms with E-state index in [1.54, 1.807) is 0 Å². The molecule has 0 atom stereocenters. The standard InChI is InChI=1S/C14H24NO5PS/c1-2-3-4-5-6-7-11-22(19,20)15-13-9-8-10-14(12-13)21(16,17)18/h8-10,12,15H,2-7,11H2,1H3,(H2,16,17,18). The van der Waals surface area contributed by atoms with Crippen molar-refractivity contribution in [3.8, 4) is 0 Å². The third kappa shape index (κ3) is 7.40. The first-order chi connectivity index (χ1) is 10.2. The van der Waals surface area contributed by atoms with Crippen molar-refractivity contribution in [2.75, 3.05) is 10.5 Å². The predicted octanol–water partition coefficient (Wildman–Crippen LogP) is 2.59. The van der Waals surface area contributed by atoms with Gasteiger partial charge in [0.25, 0.3) is 0 Å². The Morgan fingerprint density at radius 2 is 1.73 bits per heavy atom. The summed E-state index contributed by atoms with van der Waals surface area (Å²) < 4.78 is 37.4. The molecule has 0 radical (unpaired) electrons. The second kappa shape index (κ2) is 8.67. The Labute approximate surface area is 132 Å². The van der Waals surface area contributed by atoms with Crippen molar-refractivity contribution >= 4 is 28.6 Å². The van der Waals surface area contributed by atoms with Gasteiger partial charge in [0.1, 0.15) is 0 Å². The fourth-order valence-corrected chi connectivity index (χ4v) is 3.81.